The molecular formula is C14H18O4. The Labute approximate surface area is 107 Å². The molecule has 0 saturated heterocycles. The highest BCUT2D eigenvalue weighted by Crippen LogP contribution is 2.42. The predicted octanol–water partition coefficient (Wildman–Crippen LogP) is 1.87. The molecule has 2 unspecified atom stereocenters. The molecule has 1 heterocycles. The van der Waals surface area contributed by atoms with Gasteiger partial charge in [-0.05, 0) is 26.3 Å². The van der Waals surface area contributed by atoms with Gasteiger partial charge in [-0.1, -0.05) is 18.2 Å². The minimum Gasteiger partial charge on any atom is -0.488 e. The smallest absolute Gasteiger partial charge is 0.335 e. The molecule has 1 aromatic carbocycles. The lowest BCUT2D eigenvalue weighted by Crippen LogP contribution is -2.41. The Bertz CT molecular complexity index is 453. The van der Waals surface area contributed by atoms with E-state index in [9.17, 15) is 9.90 Å². The molecule has 0 fully saturated rings. The van der Waals surface area contributed by atoms with Crippen LogP contribution in [-0.4, -0.2) is 29.9 Å². The maximum atomic E-state index is 11.5. The van der Waals surface area contributed by atoms with Crippen LogP contribution in [0.5, 0.6) is 5.75 Å². The van der Waals surface area contributed by atoms with Crippen molar-refractivity contribution in [2.24, 2.45) is 0 Å². The Kier molecular flexibility index (Phi) is 3.30. The zero-order chi connectivity index (χ0) is 13.3. The standard InChI is InChI=1S/C14H18O4/c1-14(2)8-10(12(15)13(16)17-3)9-6-4-5-7-11(9)18-14/h4-7,10,12,15H,8H2,1-3H3. The number of fused-ring (bicyclic) bond motifs is 1. The van der Waals surface area contributed by atoms with Crippen LogP contribution in [-0.2, 0) is 9.53 Å². The molecular weight excluding hydrogens is 232 g/mol. The Morgan fingerprint density at radius 1 is 1.50 bits per heavy atom. The van der Waals surface area contributed by atoms with Gasteiger partial charge in [-0.25, -0.2) is 4.79 Å². The maximum Gasteiger partial charge on any atom is 0.335 e. The summed E-state index contributed by atoms with van der Waals surface area (Å²) in [6.45, 7) is 3.89. The van der Waals surface area contributed by atoms with E-state index in [1.165, 1.54) is 7.11 Å². The molecule has 0 bridgehead atoms. The molecule has 1 aromatic rings. The molecule has 0 aliphatic carbocycles. The van der Waals surface area contributed by atoms with Gasteiger partial charge in [-0.3, -0.25) is 0 Å². The van der Waals surface area contributed by atoms with E-state index in [0.29, 0.717) is 6.42 Å². The Balaban J connectivity index is 2.38. The topological polar surface area (TPSA) is 55.8 Å². The number of esters is 1. The Hall–Kier alpha value is -1.55. The van der Waals surface area contributed by atoms with Crippen molar-refractivity contribution in [3.8, 4) is 5.75 Å². The number of hydrogen-bond acceptors (Lipinski definition) is 4. The number of aliphatic hydroxyl groups is 1. The third kappa shape index (κ3) is 2.34. The Morgan fingerprint density at radius 2 is 2.17 bits per heavy atom. The molecule has 4 heteroatoms. The van der Waals surface area contributed by atoms with E-state index in [-0.39, 0.29) is 5.92 Å². The van der Waals surface area contributed by atoms with Crippen LogP contribution in [0.1, 0.15) is 31.7 Å². The van der Waals surface area contributed by atoms with Gasteiger partial charge in [-0.15, -0.1) is 0 Å². The monoisotopic (exact) mass is 250 g/mol. The van der Waals surface area contributed by atoms with Crippen molar-refractivity contribution in [1.82, 2.24) is 0 Å². The van der Waals surface area contributed by atoms with E-state index in [2.05, 4.69) is 4.74 Å². The van der Waals surface area contributed by atoms with E-state index in [4.69, 9.17) is 4.74 Å². The third-order valence-corrected chi connectivity index (χ3v) is 3.24. The van der Waals surface area contributed by atoms with Crippen LogP contribution < -0.4 is 4.74 Å². The van der Waals surface area contributed by atoms with Gasteiger partial charge in [0, 0.05) is 11.5 Å². The highest BCUT2D eigenvalue weighted by Gasteiger charge is 2.39. The zero-order valence-corrected chi connectivity index (χ0v) is 10.8. The number of para-hydroxylation sites is 1. The number of rotatable bonds is 2. The van der Waals surface area contributed by atoms with Crippen molar-refractivity contribution in [1.29, 1.82) is 0 Å². The average molecular weight is 250 g/mol. The fourth-order valence-electron chi connectivity index (χ4n) is 2.43. The number of benzene rings is 1. The summed E-state index contributed by atoms with van der Waals surface area (Å²) < 4.78 is 10.5. The number of hydrogen-bond donors (Lipinski definition) is 1. The molecule has 4 nitrogen and oxygen atoms in total. The number of aliphatic hydroxyl groups excluding tert-OH is 1. The second-order valence-corrected chi connectivity index (χ2v) is 5.18. The van der Waals surface area contributed by atoms with Gasteiger partial charge < -0.3 is 14.6 Å². The lowest BCUT2D eigenvalue weighted by atomic mass is 9.81. The summed E-state index contributed by atoms with van der Waals surface area (Å²) in [7, 11) is 1.28. The van der Waals surface area contributed by atoms with Gasteiger partial charge in [0.15, 0.2) is 6.10 Å². The second kappa shape index (κ2) is 4.61. The largest absolute Gasteiger partial charge is 0.488 e. The number of ether oxygens (including phenoxy) is 2. The van der Waals surface area contributed by atoms with Crippen molar-refractivity contribution < 1.29 is 19.4 Å². The molecule has 1 aliphatic rings. The number of methoxy groups -OCH3 is 1. The quantitative estimate of drug-likeness (QED) is 0.814. The molecule has 2 atom stereocenters. The average Bonchev–Trinajstić information content (AvgIpc) is 2.34. The van der Waals surface area contributed by atoms with Crippen molar-refractivity contribution in [3.63, 3.8) is 0 Å². The van der Waals surface area contributed by atoms with Gasteiger partial charge in [0.05, 0.1) is 7.11 Å². The first kappa shape index (κ1) is 12.9. The predicted molar refractivity (Wildman–Crippen MR) is 66.5 cm³/mol. The first-order valence-corrected chi connectivity index (χ1v) is 5.98. The van der Waals surface area contributed by atoms with Gasteiger partial charge in [0.25, 0.3) is 0 Å². The third-order valence-electron chi connectivity index (χ3n) is 3.24. The molecule has 1 aliphatic heterocycles. The summed E-state index contributed by atoms with van der Waals surface area (Å²) in [5, 5.41) is 10.1. The van der Waals surface area contributed by atoms with Crippen LogP contribution in [0, 0.1) is 0 Å². The van der Waals surface area contributed by atoms with E-state index in [0.717, 1.165) is 11.3 Å². The van der Waals surface area contributed by atoms with Crippen LogP contribution >= 0.6 is 0 Å². The highest BCUT2D eigenvalue weighted by atomic mass is 16.5. The van der Waals surface area contributed by atoms with Crippen molar-refractivity contribution >= 4 is 5.97 Å². The highest BCUT2D eigenvalue weighted by molar-refractivity contribution is 5.76. The SMILES string of the molecule is COC(=O)C(O)C1CC(C)(C)Oc2ccccc21. The van der Waals surface area contributed by atoms with Gasteiger partial charge >= 0.3 is 5.97 Å². The lowest BCUT2D eigenvalue weighted by Gasteiger charge is -2.38. The summed E-state index contributed by atoms with van der Waals surface area (Å²) >= 11 is 0. The van der Waals surface area contributed by atoms with Crippen LogP contribution in [0.15, 0.2) is 24.3 Å². The van der Waals surface area contributed by atoms with Crippen LogP contribution in [0.3, 0.4) is 0 Å². The first-order valence-electron chi connectivity index (χ1n) is 5.98. The summed E-state index contributed by atoms with van der Waals surface area (Å²) in [6, 6.07) is 7.48. The fourth-order valence-corrected chi connectivity index (χ4v) is 2.43. The maximum absolute atomic E-state index is 11.5. The second-order valence-electron chi connectivity index (χ2n) is 5.18. The molecule has 2 rings (SSSR count). The number of carbonyl (C=O) groups excluding carboxylic acids is 1. The van der Waals surface area contributed by atoms with Crippen LogP contribution in [0.2, 0.25) is 0 Å². The minimum absolute atomic E-state index is 0.294. The van der Waals surface area contributed by atoms with Gasteiger partial charge in [-0.2, -0.15) is 0 Å². The molecule has 18 heavy (non-hydrogen) atoms. The van der Waals surface area contributed by atoms with Crippen molar-refractivity contribution in [2.75, 3.05) is 7.11 Å². The molecule has 0 aromatic heterocycles. The Morgan fingerprint density at radius 3 is 2.83 bits per heavy atom. The molecule has 0 amide bonds. The molecule has 0 spiro atoms. The lowest BCUT2D eigenvalue weighted by molar-refractivity contribution is -0.152. The van der Waals surface area contributed by atoms with Crippen LogP contribution in [0.4, 0.5) is 0 Å². The summed E-state index contributed by atoms with van der Waals surface area (Å²) in [6.07, 6.45) is -0.584. The van der Waals surface area contributed by atoms with E-state index in [1.807, 2.05) is 38.1 Å². The zero-order valence-electron chi connectivity index (χ0n) is 10.8. The normalized spacial score (nSPS) is 22.6. The van der Waals surface area contributed by atoms with E-state index in [1.54, 1.807) is 0 Å². The first-order chi connectivity index (χ1) is 8.44. The molecule has 98 valence electrons. The number of carbonyl (C=O) groups is 1. The van der Waals surface area contributed by atoms with E-state index < -0.39 is 17.7 Å². The van der Waals surface area contributed by atoms with Crippen molar-refractivity contribution in [2.45, 2.75) is 37.9 Å². The minimum atomic E-state index is -1.15. The molecule has 0 saturated carbocycles. The summed E-state index contributed by atoms with van der Waals surface area (Å²) in [5.74, 6) is -0.174. The van der Waals surface area contributed by atoms with E-state index >= 15 is 0 Å². The molecule has 0 radical (unpaired) electrons. The molecule has 1 N–H and O–H groups in total. The van der Waals surface area contributed by atoms with Gasteiger partial charge in [0.2, 0.25) is 0 Å². The van der Waals surface area contributed by atoms with Gasteiger partial charge in [0.1, 0.15) is 11.4 Å². The summed E-state index contributed by atoms with van der Waals surface area (Å²) in [4.78, 5) is 11.5. The van der Waals surface area contributed by atoms with Crippen LogP contribution in [0.25, 0.3) is 0 Å². The fraction of sp³-hybridized carbons (Fsp3) is 0.500. The van der Waals surface area contributed by atoms with Crippen molar-refractivity contribution in [3.05, 3.63) is 29.8 Å². The summed E-state index contributed by atoms with van der Waals surface area (Å²) in [5.41, 5.74) is 0.448.